The van der Waals surface area contributed by atoms with E-state index in [1.165, 1.54) is 6.21 Å². The van der Waals surface area contributed by atoms with E-state index in [0.29, 0.717) is 29.7 Å². The highest BCUT2D eigenvalue weighted by Gasteiger charge is 2.16. The van der Waals surface area contributed by atoms with E-state index in [-0.39, 0.29) is 5.91 Å². The molecule has 0 saturated carbocycles. The van der Waals surface area contributed by atoms with Crippen molar-refractivity contribution in [1.82, 2.24) is 5.16 Å². The van der Waals surface area contributed by atoms with Crippen LogP contribution in [0, 0.1) is 6.92 Å². The van der Waals surface area contributed by atoms with Gasteiger partial charge in [0.1, 0.15) is 12.4 Å². The van der Waals surface area contributed by atoms with Gasteiger partial charge in [-0.25, -0.2) is 0 Å². The number of oxime groups is 1. The molecule has 0 aliphatic heterocycles. The van der Waals surface area contributed by atoms with Gasteiger partial charge in [0.05, 0.1) is 13.3 Å². The van der Waals surface area contributed by atoms with Crippen molar-refractivity contribution in [1.29, 1.82) is 0 Å². The summed E-state index contributed by atoms with van der Waals surface area (Å²) in [6, 6.07) is 16.9. The molecule has 0 fully saturated rings. The van der Waals surface area contributed by atoms with Crippen LogP contribution in [-0.4, -0.2) is 30.5 Å². The van der Waals surface area contributed by atoms with Gasteiger partial charge in [-0.05, 0) is 37.6 Å². The van der Waals surface area contributed by atoms with Crippen molar-refractivity contribution in [3.05, 3.63) is 71.5 Å². The molecule has 3 rings (SSSR count). The third kappa shape index (κ3) is 5.84. The molecule has 0 saturated heterocycles. The quantitative estimate of drug-likeness (QED) is 0.425. The molecule has 1 aromatic heterocycles. The molecule has 156 valence electrons. The Hall–Kier alpha value is -3.81. The number of carbonyl (C=O) groups is 1. The van der Waals surface area contributed by atoms with Crippen LogP contribution in [0.2, 0.25) is 0 Å². The van der Waals surface area contributed by atoms with Gasteiger partial charge in [0, 0.05) is 11.6 Å². The lowest BCUT2D eigenvalue weighted by Gasteiger charge is -2.11. The molecule has 1 N–H and O–H groups in total. The fraction of sp³-hybridized carbons (Fsp3) is 0.227. The van der Waals surface area contributed by atoms with Gasteiger partial charge in [-0.15, -0.1) is 0 Å². The Morgan fingerprint density at radius 2 is 2.00 bits per heavy atom. The second kappa shape index (κ2) is 10.1. The van der Waals surface area contributed by atoms with Crippen LogP contribution in [-0.2, 0) is 16.2 Å². The van der Waals surface area contributed by atoms with Gasteiger partial charge in [0.2, 0.25) is 6.10 Å². The number of amides is 1. The van der Waals surface area contributed by atoms with Crippen molar-refractivity contribution in [2.75, 3.05) is 12.4 Å². The van der Waals surface area contributed by atoms with E-state index >= 15 is 0 Å². The van der Waals surface area contributed by atoms with Gasteiger partial charge in [0.15, 0.2) is 17.3 Å². The smallest absolute Gasteiger partial charge is 0.269 e. The van der Waals surface area contributed by atoms with E-state index in [9.17, 15) is 4.79 Å². The van der Waals surface area contributed by atoms with Crippen molar-refractivity contribution in [3.63, 3.8) is 0 Å². The predicted molar refractivity (Wildman–Crippen MR) is 112 cm³/mol. The average Bonchev–Trinajstić information content (AvgIpc) is 3.17. The maximum absolute atomic E-state index is 12.1. The number of aromatic nitrogens is 1. The molecule has 1 amide bonds. The molecule has 0 spiro atoms. The Bertz CT molecular complexity index is 1000. The number of carbonyl (C=O) groups excluding carboxylic acids is 1. The van der Waals surface area contributed by atoms with Crippen molar-refractivity contribution in [2.45, 2.75) is 26.6 Å². The molecule has 1 heterocycles. The number of rotatable bonds is 9. The molecule has 8 nitrogen and oxygen atoms in total. The topological polar surface area (TPSA) is 95.2 Å². The first kappa shape index (κ1) is 20.9. The number of nitrogens with one attached hydrogen (secondary N) is 1. The summed E-state index contributed by atoms with van der Waals surface area (Å²) < 4.78 is 16.1. The van der Waals surface area contributed by atoms with Crippen molar-refractivity contribution < 1.29 is 23.6 Å². The highest BCUT2D eigenvalue weighted by atomic mass is 16.6. The monoisotopic (exact) mass is 409 g/mol. The summed E-state index contributed by atoms with van der Waals surface area (Å²) in [5.41, 5.74) is 1.80. The Balaban J connectivity index is 1.55. The Morgan fingerprint density at radius 3 is 2.70 bits per heavy atom. The maximum atomic E-state index is 12.1. The molecule has 8 heteroatoms. The number of methoxy groups -OCH3 is 1. The molecule has 0 aliphatic rings. The van der Waals surface area contributed by atoms with Gasteiger partial charge >= 0.3 is 0 Å². The summed E-state index contributed by atoms with van der Waals surface area (Å²) in [5, 5.41) is 10.2. The SMILES string of the molecule is COc1cc(/C=N/OC(C)C(=O)Nc2cc(C)on2)ccc1OCc1ccccc1. The first-order valence-electron chi connectivity index (χ1n) is 9.33. The van der Waals surface area contributed by atoms with Crippen LogP contribution < -0.4 is 14.8 Å². The maximum Gasteiger partial charge on any atom is 0.269 e. The first-order chi connectivity index (χ1) is 14.5. The summed E-state index contributed by atoms with van der Waals surface area (Å²) in [6.07, 6.45) is 0.682. The first-order valence-corrected chi connectivity index (χ1v) is 9.33. The zero-order valence-corrected chi connectivity index (χ0v) is 17.0. The van der Waals surface area contributed by atoms with E-state index < -0.39 is 6.10 Å². The standard InChI is InChI=1S/C22H23N3O5/c1-15-11-21(25-29-15)24-22(26)16(2)30-23-13-18-9-10-19(20(12-18)27-3)28-14-17-7-5-4-6-8-17/h4-13,16H,14H2,1-3H3,(H,24,25,26)/b23-13+. The zero-order valence-electron chi connectivity index (χ0n) is 17.0. The van der Waals surface area contributed by atoms with E-state index in [1.54, 1.807) is 39.2 Å². The summed E-state index contributed by atoms with van der Waals surface area (Å²) in [4.78, 5) is 17.3. The van der Waals surface area contributed by atoms with Crippen LogP contribution in [0.15, 0.2) is 64.3 Å². The third-order valence-corrected chi connectivity index (χ3v) is 4.09. The minimum Gasteiger partial charge on any atom is -0.493 e. The fourth-order valence-corrected chi connectivity index (χ4v) is 2.50. The summed E-state index contributed by atoms with van der Waals surface area (Å²) >= 11 is 0. The van der Waals surface area contributed by atoms with E-state index in [1.807, 2.05) is 36.4 Å². The number of aryl methyl sites for hydroxylation is 1. The second-order valence-corrected chi connectivity index (χ2v) is 6.48. The third-order valence-electron chi connectivity index (χ3n) is 4.09. The molecular weight excluding hydrogens is 386 g/mol. The average molecular weight is 409 g/mol. The normalized spacial score (nSPS) is 11.8. The Labute approximate surface area is 174 Å². The summed E-state index contributed by atoms with van der Waals surface area (Å²) in [7, 11) is 1.57. The number of benzene rings is 2. The highest BCUT2D eigenvalue weighted by molar-refractivity contribution is 5.93. The predicted octanol–water partition coefficient (Wildman–Crippen LogP) is 3.95. The lowest BCUT2D eigenvalue weighted by atomic mass is 10.2. The number of nitrogens with zero attached hydrogens (tertiary/aromatic N) is 2. The molecule has 2 aromatic carbocycles. The number of hydrogen-bond donors (Lipinski definition) is 1. The molecule has 1 atom stereocenters. The second-order valence-electron chi connectivity index (χ2n) is 6.48. The van der Waals surface area contributed by atoms with Crippen LogP contribution in [0.5, 0.6) is 11.5 Å². The van der Waals surface area contributed by atoms with Crippen molar-refractivity contribution >= 4 is 17.9 Å². The van der Waals surface area contributed by atoms with E-state index in [4.69, 9.17) is 18.8 Å². The lowest BCUT2D eigenvalue weighted by molar-refractivity contribution is -0.126. The van der Waals surface area contributed by atoms with Crippen LogP contribution >= 0.6 is 0 Å². The molecule has 0 aliphatic carbocycles. The van der Waals surface area contributed by atoms with Gasteiger partial charge in [-0.2, -0.15) is 0 Å². The van der Waals surface area contributed by atoms with Crippen molar-refractivity contribution in [3.8, 4) is 11.5 Å². The number of hydrogen-bond acceptors (Lipinski definition) is 7. The summed E-state index contributed by atoms with van der Waals surface area (Å²) in [6.45, 7) is 3.76. The molecular formula is C22H23N3O5. The molecule has 1 unspecified atom stereocenters. The van der Waals surface area contributed by atoms with E-state index in [0.717, 1.165) is 11.1 Å². The van der Waals surface area contributed by atoms with Gasteiger partial charge in [0.25, 0.3) is 5.91 Å². The lowest BCUT2D eigenvalue weighted by Crippen LogP contribution is -2.26. The van der Waals surface area contributed by atoms with E-state index in [2.05, 4.69) is 15.6 Å². The van der Waals surface area contributed by atoms with Crippen molar-refractivity contribution in [2.24, 2.45) is 5.16 Å². The minimum atomic E-state index is -0.811. The largest absolute Gasteiger partial charge is 0.493 e. The molecule has 0 bridgehead atoms. The van der Waals surface area contributed by atoms with Crippen LogP contribution in [0.3, 0.4) is 0 Å². The Morgan fingerprint density at radius 1 is 1.20 bits per heavy atom. The van der Waals surface area contributed by atoms with Gasteiger partial charge < -0.3 is 24.2 Å². The minimum absolute atomic E-state index is 0.327. The van der Waals surface area contributed by atoms with Crippen LogP contribution in [0.1, 0.15) is 23.8 Å². The van der Waals surface area contributed by atoms with Gasteiger partial charge in [-0.3, -0.25) is 4.79 Å². The van der Waals surface area contributed by atoms with Crippen LogP contribution in [0.4, 0.5) is 5.82 Å². The zero-order chi connectivity index (χ0) is 21.3. The molecule has 30 heavy (non-hydrogen) atoms. The highest BCUT2D eigenvalue weighted by Crippen LogP contribution is 2.28. The number of anilines is 1. The van der Waals surface area contributed by atoms with Crippen LogP contribution in [0.25, 0.3) is 0 Å². The molecule has 3 aromatic rings. The fourth-order valence-electron chi connectivity index (χ4n) is 2.50. The Kier molecular flexibility index (Phi) is 7.05. The number of ether oxygens (including phenoxy) is 2. The van der Waals surface area contributed by atoms with Gasteiger partial charge in [-0.1, -0.05) is 40.6 Å². The summed E-state index contributed by atoms with van der Waals surface area (Å²) in [5.74, 6) is 1.73. The molecule has 0 radical (unpaired) electrons.